The fraction of sp³-hybridized carbons (Fsp3) is 0.278. The molecule has 0 bridgehead atoms. The van der Waals surface area contributed by atoms with E-state index in [1.807, 2.05) is 38.1 Å². The molecule has 0 aliphatic rings. The minimum atomic E-state index is -0.412. The maximum atomic E-state index is 12.0. The molecule has 0 saturated heterocycles. The van der Waals surface area contributed by atoms with Crippen LogP contribution in [0.25, 0.3) is 11.7 Å². The van der Waals surface area contributed by atoms with Crippen LogP contribution in [0.4, 0.5) is 0 Å². The number of hydrogen-bond acceptors (Lipinski definition) is 6. The van der Waals surface area contributed by atoms with Gasteiger partial charge in [-0.05, 0) is 50.1 Å². The molecule has 2 aromatic heterocycles. The van der Waals surface area contributed by atoms with Crippen molar-refractivity contribution in [1.29, 1.82) is 0 Å². The Morgan fingerprint density at radius 1 is 1.20 bits per heavy atom. The fourth-order valence-electron chi connectivity index (χ4n) is 2.22. The van der Waals surface area contributed by atoms with Crippen LogP contribution < -0.4 is 10.1 Å². The van der Waals surface area contributed by atoms with Gasteiger partial charge in [-0.1, -0.05) is 12.1 Å². The summed E-state index contributed by atoms with van der Waals surface area (Å²) in [5.41, 5.74) is 1.10. The smallest absolute Gasteiger partial charge is 0.308 e. The van der Waals surface area contributed by atoms with E-state index < -0.39 is 5.91 Å². The van der Waals surface area contributed by atoms with Crippen molar-refractivity contribution in [2.24, 2.45) is 0 Å². The van der Waals surface area contributed by atoms with Crippen molar-refractivity contribution in [3.8, 4) is 17.4 Å². The second kappa shape index (κ2) is 7.65. The molecule has 0 aliphatic carbocycles. The van der Waals surface area contributed by atoms with Crippen LogP contribution in [0, 0.1) is 0 Å². The number of amides is 1. The van der Waals surface area contributed by atoms with Gasteiger partial charge in [-0.25, -0.2) is 0 Å². The van der Waals surface area contributed by atoms with Crippen LogP contribution in [-0.4, -0.2) is 28.8 Å². The van der Waals surface area contributed by atoms with Gasteiger partial charge in [0.25, 0.3) is 5.89 Å². The third-order valence-electron chi connectivity index (χ3n) is 3.35. The second-order valence-corrected chi connectivity index (χ2v) is 5.71. The largest absolute Gasteiger partial charge is 0.491 e. The molecule has 7 nitrogen and oxygen atoms in total. The van der Waals surface area contributed by atoms with Crippen molar-refractivity contribution in [2.75, 3.05) is 6.54 Å². The average Bonchev–Trinajstić information content (AvgIpc) is 3.27. The molecule has 7 heteroatoms. The monoisotopic (exact) mass is 341 g/mol. The summed E-state index contributed by atoms with van der Waals surface area (Å²) in [5, 5.41) is 10.3. The molecule has 0 atom stereocenters. The van der Waals surface area contributed by atoms with Crippen molar-refractivity contribution in [2.45, 2.75) is 26.4 Å². The summed E-state index contributed by atoms with van der Waals surface area (Å²) < 4.78 is 16.0. The first-order valence-electron chi connectivity index (χ1n) is 8.03. The van der Waals surface area contributed by atoms with E-state index in [4.69, 9.17) is 13.6 Å². The van der Waals surface area contributed by atoms with Crippen molar-refractivity contribution in [1.82, 2.24) is 15.5 Å². The quantitative estimate of drug-likeness (QED) is 0.710. The molecule has 3 rings (SSSR count). The summed E-state index contributed by atoms with van der Waals surface area (Å²) in [6, 6.07) is 11.2. The third kappa shape index (κ3) is 4.47. The summed E-state index contributed by atoms with van der Waals surface area (Å²) in [5.74, 6) is 0.933. The second-order valence-electron chi connectivity index (χ2n) is 5.71. The van der Waals surface area contributed by atoms with Crippen molar-refractivity contribution in [3.05, 3.63) is 54.1 Å². The first-order valence-corrected chi connectivity index (χ1v) is 8.03. The Balaban J connectivity index is 1.49. The number of furan rings is 1. The standard InChI is InChI=1S/C18H19N3O4/c1-12(2)24-14-7-5-13(6-8-14)9-10-19-16(22)18-21-20-17(25-18)15-4-3-11-23-15/h3-8,11-12H,9-10H2,1-2H3,(H,19,22). The number of nitrogens with zero attached hydrogens (tertiary/aromatic N) is 2. The highest BCUT2D eigenvalue weighted by Crippen LogP contribution is 2.17. The van der Waals surface area contributed by atoms with Gasteiger partial charge >= 0.3 is 11.8 Å². The van der Waals surface area contributed by atoms with Crippen molar-refractivity contribution >= 4 is 5.91 Å². The van der Waals surface area contributed by atoms with E-state index in [0.29, 0.717) is 18.7 Å². The first-order chi connectivity index (χ1) is 12.1. The maximum Gasteiger partial charge on any atom is 0.308 e. The molecular weight excluding hydrogens is 322 g/mol. The van der Waals surface area contributed by atoms with Crippen LogP contribution in [0.2, 0.25) is 0 Å². The van der Waals surface area contributed by atoms with Crippen LogP contribution in [0.5, 0.6) is 5.75 Å². The number of rotatable bonds is 7. The molecule has 1 N–H and O–H groups in total. The molecule has 25 heavy (non-hydrogen) atoms. The van der Waals surface area contributed by atoms with Crippen molar-refractivity contribution < 1.29 is 18.4 Å². The van der Waals surface area contributed by atoms with Crippen molar-refractivity contribution in [3.63, 3.8) is 0 Å². The SMILES string of the molecule is CC(C)Oc1ccc(CCNC(=O)c2nnc(-c3ccco3)o2)cc1. The van der Waals surface area contributed by atoms with Gasteiger partial charge in [0.15, 0.2) is 5.76 Å². The zero-order valence-electron chi connectivity index (χ0n) is 14.1. The lowest BCUT2D eigenvalue weighted by molar-refractivity contribution is 0.0920. The molecule has 0 saturated carbocycles. The van der Waals surface area contributed by atoms with E-state index in [9.17, 15) is 4.79 Å². The van der Waals surface area contributed by atoms with E-state index >= 15 is 0 Å². The number of carbonyl (C=O) groups is 1. The zero-order chi connectivity index (χ0) is 17.6. The van der Waals surface area contributed by atoms with Gasteiger partial charge in [0, 0.05) is 6.54 Å². The van der Waals surface area contributed by atoms with Gasteiger partial charge in [0.05, 0.1) is 12.4 Å². The predicted octanol–water partition coefficient (Wildman–Crippen LogP) is 3.09. The lowest BCUT2D eigenvalue weighted by atomic mass is 10.1. The van der Waals surface area contributed by atoms with Crippen LogP contribution >= 0.6 is 0 Å². The van der Waals surface area contributed by atoms with E-state index in [1.54, 1.807) is 12.1 Å². The van der Waals surface area contributed by atoms with E-state index in [1.165, 1.54) is 6.26 Å². The van der Waals surface area contributed by atoms with Crippen LogP contribution in [0.3, 0.4) is 0 Å². The highest BCUT2D eigenvalue weighted by atomic mass is 16.5. The number of nitrogens with one attached hydrogen (secondary N) is 1. The topological polar surface area (TPSA) is 90.4 Å². The zero-order valence-corrected chi connectivity index (χ0v) is 14.1. The maximum absolute atomic E-state index is 12.0. The minimum Gasteiger partial charge on any atom is -0.491 e. The third-order valence-corrected chi connectivity index (χ3v) is 3.35. The molecule has 1 aromatic carbocycles. The molecule has 1 amide bonds. The van der Waals surface area contributed by atoms with Gasteiger partial charge in [-0.3, -0.25) is 4.79 Å². The Kier molecular flexibility index (Phi) is 5.13. The molecule has 2 heterocycles. The molecule has 0 unspecified atom stereocenters. The number of carbonyl (C=O) groups excluding carboxylic acids is 1. The number of aromatic nitrogens is 2. The fourth-order valence-corrected chi connectivity index (χ4v) is 2.22. The highest BCUT2D eigenvalue weighted by Gasteiger charge is 2.16. The molecule has 3 aromatic rings. The summed E-state index contributed by atoms with van der Waals surface area (Å²) >= 11 is 0. The van der Waals surface area contributed by atoms with Gasteiger partial charge in [0.1, 0.15) is 5.75 Å². The van der Waals surface area contributed by atoms with E-state index in [0.717, 1.165) is 11.3 Å². The Bertz CT molecular complexity index is 807. The Morgan fingerprint density at radius 2 is 2.00 bits per heavy atom. The summed E-state index contributed by atoms with van der Waals surface area (Å²) in [6.45, 7) is 4.43. The Labute approximate surface area is 145 Å². The molecular formula is C18H19N3O4. The molecule has 0 spiro atoms. The van der Waals surface area contributed by atoms with Gasteiger partial charge in [0.2, 0.25) is 0 Å². The number of hydrogen-bond donors (Lipinski definition) is 1. The summed E-state index contributed by atoms with van der Waals surface area (Å²) in [6.07, 6.45) is 2.33. The lowest BCUT2D eigenvalue weighted by Gasteiger charge is -2.10. The Morgan fingerprint density at radius 3 is 2.68 bits per heavy atom. The number of ether oxygens (including phenoxy) is 1. The lowest BCUT2D eigenvalue weighted by Crippen LogP contribution is -2.26. The molecule has 130 valence electrons. The van der Waals surface area contributed by atoms with Gasteiger partial charge in [-0.2, -0.15) is 0 Å². The van der Waals surface area contributed by atoms with Crippen LogP contribution in [0.15, 0.2) is 51.5 Å². The van der Waals surface area contributed by atoms with E-state index in [-0.39, 0.29) is 17.9 Å². The summed E-state index contributed by atoms with van der Waals surface area (Å²) in [4.78, 5) is 12.0. The van der Waals surface area contributed by atoms with Gasteiger partial charge in [-0.15, -0.1) is 10.2 Å². The number of benzene rings is 1. The van der Waals surface area contributed by atoms with E-state index in [2.05, 4.69) is 15.5 Å². The summed E-state index contributed by atoms with van der Waals surface area (Å²) in [7, 11) is 0. The van der Waals surface area contributed by atoms with Crippen LogP contribution in [-0.2, 0) is 6.42 Å². The average molecular weight is 341 g/mol. The highest BCUT2D eigenvalue weighted by molar-refractivity contribution is 5.89. The van der Waals surface area contributed by atoms with Crippen LogP contribution in [0.1, 0.15) is 30.1 Å². The Hall–Kier alpha value is -3.09. The first kappa shape index (κ1) is 16.8. The molecule has 0 aliphatic heterocycles. The predicted molar refractivity (Wildman–Crippen MR) is 90.2 cm³/mol. The molecule has 0 radical (unpaired) electrons. The van der Waals surface area contributed by atoms with Gasteiger partial charge < -0.3 is 18.9 Å². The normalized spacial score (nSPS) is 10.8. The molecule has 0 fully saturated rings. The minimum absolute atomic E-state index is 0.0907.